The molecule has 0 heterocycles. The number of rotatable bonds is 2. The van der Waals surface area contributed by atoms with Gasteiger partial charge in [0.25, 0.3) is 0 Å². The quantitative estimate of drug-likeness (QED) is 0.281. The zero-order valence-corrected chi connectivity index (χ0v) is 26.2. The van der Waals surface area contributed by atoms with E-state index in [1.165, 1.54) is 57.8 Å². The predicted octanol–water partition coefficient (Wildman–Crippen LogP) is 10.0. The number of esters is 1. The summed E-state index contributed by atoms with van der Waals surface area (Å²) in [7, 11) is 0. The van der Waals surface area contributed by atoms with Crippen LogP contribution in [0.5, 0.6) is 0 Å². The summed E-state index contributed by atoms with van der Waals surface area (Å²) >= 11 is 0. The lowest BCUT2D eigenvalue weighted by Gasteiger charge is -2.71. The van der Waals surface area contributed by atoms with Crippen LogP contribution in [0.3, 0.4) is 0 Å². The number of hydrogen-bond donors (Lipinski definition) is 0. The van der Waals surface area contributed by atoms with Crippen LogP contribution in [0.25, 0.3) is 0 Å². The second-order valence-corrected chi connectivity index (χ2v) is 17.0. The third-order valence-electron chi connectivity index (χ3n) is 14.3. The van der Waals surface area contributed by atoms with Crippen molar-refractivity contribution >= 4 is 5.97 Å². The number of fused-ring (bicyclic) bond motifs is 7. The molecule has 0 amide bonds. The number of ether oxygens (including phenoxy) is 1. The predicted molar refractivity (Wildman–Crippen MR) is 160 cm³/mol. The molecule has 2 heteroatoms. The first-order valence-electron chi connectivity index (χ1n) is 16.1. The normalized spacial score (nSPS) is 46.0. The minimum atomic E-state index is -0.156. The zero-order chi connectivity index (χ0) is 28.1. The van der Waals surface area contributed by atoms with Crippen molar-refractivity contribution in [2.75, 3.05) is 0 Å². The molecule has 214 valence electrons. The highest BCUT2D eigenvalue weighted by Crippen LogP contribution is 2.75. The molecule has 8 unspecified atom stereocenters. The molecule has 1 aromatic rings. The molecule has 1 aromatic carbocycles. The maximum absolute atomic E-state index is 13.1. The van der Waals surface area contributed by atoms with Crippen LogP contribution >= 0.6 is 0 Å². The third kappa shape index (κ3) is 3.89. The van der Waals surface area contributed by atoms with Crippen LogP contribution in [0.2, 0.25) is 0 Å². The number of hydrogen-bond acceptors (Lipinski definition) is 2. The SMILES string of the molecule is CC1(C)CCC2(C)CCC3(C)C(=CCC4C5(C)CCC(OC(=O)c6ccccc6)C(C)(C)C5CCC43C)C2C1. The molecule has 0 spiro atoms. The first-order valence-corrected chi connectivity index (χ1v) is 16.1. The average molecular weight is 531 g/mol. The second kappa shape index (κ2) is 8.72. The van der Waals surface area contributed by atoms with E-state index >= 15 is 0 Å². The lowest BCUT2D eigenvalue weighted by atomic mass is 9.33. The van der Waals surface area contributed by atoms with Crippen molar-refractivity contribution in [3.8, 4) is 0 Å². The van der Waals surface area contributed by atoms with Crippen molar-refractivity contribution in [3.63, 3.8) is 0 Å². The Kier molecular flexibility index (Phi) is 6.17. The van der Waals surface area contributed by atoms with E-state index in [0.717, 1.165) is 12.3 Å². The van der Waals surface area contributed by atoms with Crippen molar-refractivity contribution in [2.24, 2.45) is 50.2 Å². The number of carbonyl (C=O) groups is 1. The van der Waals surface area contributed by atoms with Gasteiger partial charge in [-0.2, -0.15) is 0 Å². The molecule has 5 aliphatic rings. The summed E-state index contributed by atoms with van der Waals surface area (Å²) in [5.74, 6) is 1.87. The van der Waals surface area contributed by atoms with Gasteiger partial charge in [0.2, 0.25) is 0 Å². The summed E-state index contributed by atoms with van der Waals surface area (Å²) < 4.78 is 6.29. The summed E-state index contributed by atoms with van der Waals surface area (Å²) in [5.41, 5.74) is 4.39. The minimum absolute atomic E-state index is 0.0159. The Morgan fingerprint density at radius 2 is 1.49 bits per heavy atom. The lowest BCUT2D eigenvalue weighted by Crippen LogP contribution is -2.64. The third-order valence-corrected chi connectivity index (χ3v) is 14.3. The van der Waals surface area contributed by atoms with Crippen LogP contribution in [0.15, 0.2) is 42.0 Å². The van der Waals surface area contributed by atoms with Crippen molar-refractivity contribution in [2.45, 2.75) is 126 Å². The largest absolute Gasteiger partial charge is 0.458 e. The fraction of sp³-hybridized carbons (Fsp3) is 0.757. The fourth-order valence-electron chi connectivity index (χ4n) is 11.5. The van der Waals surface area contributed by atoms with Gasteiger partial charge in [-0.3, -0.25) is 0 Å². The Morgan fingerprint density at radius 3 is 2.21 bits per heavy atom. The number of allylic oxidation sites excluding steroid dienone is 2. The summed E-state index contributed by atoms with van der Waals surface area (Å²) in [6.45, 7) is 20.5. The standard InChI is InChI=1S/C37H54O2/c1-32(2)20-21-34(5)22-23-36(7)26(27(34)24-32)14-15-29-35(6)18-17-30(39-31(38)25-12-10-9-11-13-25)33(3,4)28(35)16-19-37(29,36)8/h9-14,27-30H,15-24H2,1-8H3. The molecule has 0 aliphatic heterocycles. The highest BCUT2D eigenvalue weighted by atomic mass is 16.5. The number of benzene rings is 1. The molecule has 8 atom stereocenters. The van der Waals surface area contributed by atoms with Gasteiger partial charge in [0.05, 0.1) is 5.56 Å². The van der Waals surface area contributed by atoms with Gasteiger partial charge in [0, 0.05) is 5.41 Å². The fourth-order valence-corrected chi connectivity index (χ4v) is 11.5. The molecule has 0 bridgehead atoms. The molecule has 0 N–H and O–H groups in total. The molecule has 5 aliphatic carbocycles. The van der Waals surface area contributed by atoms with Crippen molar-refractivity contribution < 1.29 is 9.53 Å². The van der Waals surface area contributed by atoms with Gasteiger partial charge in [-0.1, -0.05) is 85.2 Å². The zero-order valence-electron chi connectivity index (χ0n) is 26.2. The molecule has 0 saturated heterocycles. The molecular formula is C37H54O2. The summed E-state index contributed by atoms with van der Waals surface area (Å²) in [5, 5.41) is 0. The van der Waals surface area contributed by atoms with Crippen LogP contribution < -0.4 is 0 Å². The lowest BCUT2D eigenvalue weighted by molar-refractivity contribution is -0.203. The van der Waals surface area contributed by atoms with E-state index < -0.39 is 0 Å². The molecule has 6 rings (SSSR count). The molecule has 0 aromatic heterocycles. The molecule has 4 fully saturated rings. The summed E-state index contributed by atoms with van der Waals surface area (Å²) in [6, 6.07) is 9.57. The monoisotopic (exact) mass is 530 g/mol. The Bertz CT molecular complexity index is 1160. The average Bonchev–Trinajstić information content (AvgIpc) is 2.87. The Morgan fingerprint density at radius 1 is 0.795 bits per heavy atom. The van der Waals surface area contributed by atoms with Crippen molar-refractivity contribution in [3.05, 3.63) is 47.5 Å². The molecular weight excluding hydrogens is 476 g/mol. The van der Waals surface area contributed by atoms with Gasteiger partial charge >= 0.3 is 5.97 Å². The summed E-state index contributed by atoms with van der Waals surface area (Å²) in [6.07, 6.45) is 15.6. The van der Waals surface area contributed by atoms with Crippen molar-refractivity contribution in [1.82, 2.24) is 0 Å². The maximum Gasteiger partial charge on any atom is 0.338 e. The molecule has 2 nitrogen and oxygen atoms in total. The van der Waals surface area contributed by atoms with Crippen LogP contribution in [-0.2, 0) is 4.74 Å². The van der Waals surface area contributed by atoms with E-state index in [1.54, 1.807) is 0 Å². The topological polar surface area (TPSA) is 26.3 Å². The highest BCUT2D eigenvalue weighted by Gasteiger charge is 2.68. The van der Waals surface area contributed by atoms with Crippen LogP contribution in [0.4, 0.5) is 0 Å². The van der Waals surface area contributed by atoms with Crippen LogP contribution in [0, 0.1) is 50.2 Å². The van der Waals surface area contributed by atoms with Crippen molar-refractivity contribution in [1.29, 1.82) is 0 Å². The first-order chi connectivity index (χ1) is 18.2. The van der Waals surface area contributed by atoms with E-state index in [2.05, 4.69) is 61.5 Å². The van der Waals surface area contributed by atoms with E-state index in [0.29, 0.717) is 39.1 Å². The molecule has 39 heavy (non-hydrogen) atoms. The highest BCUT2D eigenvalue weighted by molar-refractivity contribution is 5.89. The second-order valence-electron chi connectivity index (χ2n) is 17.0. The molecule has 4 saturated carbocycles. The first kappa shape index (κ1) is 27.6. The van der Waals surface area contributed by atoms with Gasteiger partial charge in [-0.15, -0.1) is 0 Å². The van der Waals surface area contributed by atoms with E-state index in [1.807, 2.05) is 35.9 Å². The summed E-state index contributed by atoms with van der Waals surface area (Å²) in [4.78, 5) is 13.1. The Balaban J connectivity index is 1.30. The van der Waals surface area contributed by atoms with Crippen LogP contribution in [0.1, 0.15) is 130 Å². The number of carbonyl (C=O) groups excluding carboxylic acids is 1. The minimum Gasteiger partial charge on any atom is -0.458 e. The van der Waals surface area contributed by atoms with Crippen LogP contribution in [-0.4, -0.2) is 12.1 Å². The smallest absolute Gasteiger partial charge is 0.338 e. The Labute approximate surface area is 238 Å². The van der Waals surface area contributed by atoms with Gasteiger partial charge in [0.1, 0.15) is 6.10 Å². The van der Waals surface area contributed by atoms with E-state index in [-0.39, 0.29) is 22.9 Å². The maximum atomic E-state index is 13.1. The van der Waals surface area contributed by atoms with E-state index in [9.17, 15) is 4.79 Å². The van der Waals surface area contributed by atoms with E-state index in [4.69, 9.17) is 4.74 Å². The van der Waals surface area contributed by atoms with Gasteiger partial charge < -0.3 is 4.74 Å². The molecule has 0 radical (unpaired) electrons. The van der Waals surface area contributed by atoms with Gasteiger partial charge in [0.15, 0.2) is 0 Å². The van der Waals surface area contributed by atoms with Gasteiger partial charge in [-0.25, -0.2) is 4.79 Å². The Hall–Kier alpha value is -1.57. The van der Waals surface area contributed by atoms with Gasteiger partial charge in [-0.05, 0) is 121 Å².